The molecule has 0 aliphatic carbocycles. The first-order chi connectivity index (χ1) is 9.97. The number of hydrogen-bond donors (Lipinski definition) is 3. The highest BCUT2D eigenvalue weighted by atomic mass is 79.9. The van der Waals surface area contributed by atoms with Crippen LogP contribution in [-0.2, 0) is 6.54 Å². The number of nitrogens with one attached hydrogen (secondary N) is 1. The van der Waals surface area contributed by atoms with Crippen LogP contribution in [0.15, 0.2) is 46.9 Å². The smallest absolute Gasteiger partial charge is 0.248 e. The van der Waals surface area contributed by atoms with E-state index in [1.54, 1.807) is 12.1 Å². The molecule has 2 rings (SSSR count). The van der Waals surface area contributed by atoms with Crippen molar-refractivity contribution in [2.45, 2.75) is 6.54 Å². The largest absolute Gasteiger partial charge is 0.381 e. The quantitative estimate of drug-likeness (QED) is 0.773. The van der Waals surface area contributed by atoms with Gasteiger partial charge in [-0.1, -0.05) is 34.1 Å². The number of carbonyl (C=O) groups is 2. The van der Waals surface area contributed by atoms with Crippen LogP contribution in [0.1, 0.15) is 26.3 Å². The maximum Gasteiger partial charge on any atom is 0.248 e. The molecular weight excluding hydrogens is 334 g/mol. The Morgan fingerprint density at radius 1 is 1.00 bits per heavy atom. The van der Waals surface area contributed by atoms with Crippen LogP contribution in [0.3, 0.4) is 0 Å². The van der Waals surface area contributed by atoms with E-state index in [2.05, 4.69) is 21.2 Å². The normalized spacial score (nSPS) is 10.1. The lowest BCUT2D eigenvalue weighted by Gasteiger charge is -2.10. The Morgan fingerprint density at radius 2 is 1.57 bits per heavy atom. The molecule has 0 radical (unpaired) electrons. The number of benzene rings is 2. The summed E-state index contributed by atoms with van der Waals surface area (Å²) in [5.74, 6) is -1.22. The molecule has 0 aliphatic heterocycles. The summed E-state index contributed by atoms with van der Waals surface area (Å²) in [6.07, 6.45) is 0. The molecule has 0 heterocycles. The fraction of sp³-hybridized carbons (Fsp3) is 0.0667. The fourth-order valence-corrected chi connectivity index (χ4v) is 2.28. The number of primary amides is 2. The Labute approximate surface area is 130 Å². The van der Waals surface area contributed by atoms with E-state index in [-0.39, 0.29) is 11.1 Å². The monoisotopic (exact) mass is 347 g/mol. The number of carbonyl (C=O) groups excluding carboxylic acids is 2. The summed E-state index contributed by atoms with van der Waals surface area (Å²) in [6, 6.07) is 12.3. The summed E-state index contributed by atoms with van der Waals surface area (Å²) in [4.78, 5) is 22.6. The molecule has 5 nitrogen and oxygen atoms in total. The van der Waals surface area contributed by atoms with E-state index < -0.39 is 11.8 Å². The average molecular weight is 348 g/mol. The van der Waals surface area contributed by atoms with Gasteiger partial charge in [0.05, 0.1) is 0 Å². The van der Waals surface area contributed by atoms with Gasteiger partial charge in [-0.05, 0) is 29.8 Å². The zero-order chi connectivity index (χ0) is 15.4. The second-order valence-electron chi connectivity index (χ2n) is 4.47. The molecule has 0 unspecified atom stereocenters. The van der Waals surface area contributed by atoms with Gasteiger partial charge in [0.1, 0.15) is 0 Å². The van der Waals surface area contributed by atoms with Crippen LogP contribution in [0.5, 0.6) is 0 Å². The minimum atomic E-state index is -0.609. The highest BCUT2D eigenvalue weighted by Crippen LogP contribution is 2.19. The molecule has 2 aromatic carbocycles. The number of amides is 2. The molecule has 2 aromatic rings. The molecule has 2 amide bonds. The first-order valence-corrected chi connectivity index (χ1v) is 6.98. The van der Waals surface area contributed by atoms with Crippen LogP contribution in [-0.4, -0.2) is 11.8 Å². The minimum Gasteiger partial charge on any atom is -0.381 e. The second-order valence-corrected chi connectivity index (χ2v) is 5.33. The highest BCUT2D eigenvalue weighted by molar-refractivity contribution is 9.10. The first kappa shape index (κ1) is 15.1. The number of rotatable bonds is 5. The topological polar surface area (TPSA) is 98.2 Å². The molecule has 5 N–H and O–H groups in total. The lowest BCUT2D eigenvalue weighted by molar-refractivity contribution is 0.0999. The van der Waals surface area contributed by atoms with Crippen LogP contribution >= 0.6 is 15.9 Å². The molecule has 6 heteroatoms. The molecule has 0 bridgehead atoms. The van der Waals surface area contributed by atoms with Crippen LogP contribution in [0, 0.1) is 0 Å². The third kappa shape index (κ3) is 3.82. The van der Waals surface area contributed by atoms with E-state index in [9.17, 15) is 9.59 Å². The van der Waals surface area contributed by atoms with Gasteiger partial charge in [-0.2, -0.15) is 0 Å². The van der Waals surface area contributed by atoms with Crippen molar-refractivity contribution in [1.29, 1.82) is 0 Å². The molecule has 0 spiro atoms. The van der Waals surface area contributed by atoms with Crippen molar-refractivity contribution in [2.75, 3.05) is 5.32 Å². The maximum absolute atomic E-state index is 11.3. The van der Waals surface area contributed by atoms with E-state index in [1.807, 2.05) is 24.3 Å². The molecule has 0 fully saturated rings. The maximum atomic E-state index is 11.3. The van der Waals surface area contributed by atoms with Crippen molar-refractivity contribution in [3.63, 3.8) is 0 Å². The Morgan fingerprint density at radius 3 is 2.10 bits per heavy atom. The fourth-order valence-electron chi connectivity index (χ4n) is 1.85. The van der Waals surface area contributed by atoms with E-state index in [0.717, 1.165) is 10.0 Å². The van der Waals surface area contributed by atoms with Crippen molar-refractivity contribution in [3.05, 3.63) is 63.6 Å². The third-order valence-electron chi connectivity index (χ3n) is 2.94. The second kappa shape index (κ2) is 6.41. The number of halogens is 1. The van der Waals surface area contributed by atoms with Gasteiger partial charge in [-0.3, -0.25) is 9.59 Å². The molecule has 0 saturated heterocycles. The van der Waals surface area contributed by atoms with Crippen LogP contribution in [0.2, 0.25) is 0 Å². The van der Waals surface area contributed by atoms with Crippen LogP contribution in [0.25, 0.3) is 0 Å². The molecule has 0 aromatic heterocycles. The van der Waals surface area contributed by atoms with E-state index >= 15 is 0 Å². The molecule has 0 saturated carbocycles. The summed E-state index contributed by atoms with van der Waals surface area (Å²) < 4.78 is 0.971. The van der Waals surface area contributed by atoms with Crippen molar-refractivity contribution in [2.24, 2.45) is 11.5 Å². The molecule has 0 atom stereocenters. The SMILES string of the molecule is NC(=O)c1cc(NCc2ccccc2Br)cc(C(N)=O)c1. The standard InChI is InChI=1S/C15H14BrN3O2/c16-13-4-2-1-3-9(13)8-19-12-6-10(14(17)20)5-11(7-12)15(18)21/h1-7,19H,8H2,(H2,17,20)(H2,18,21). The number of hydrogen-bond acceptors (Lipinski definition) is 3. The van der Waals surface area contributed by atoms with Gasteiger partial charge < -0.3 is 16.8 Å². The molecule has 0 aliphatic rings. The van der Waals surface area contributed by atoms with Crippen molar-refractivity contribution in [3.8, 4) is 0 Å². The summed E-state index contributed by atoms with van der Waals surface area (Å²) >= 11 is 3.46. The van der Waals surface area contributed by atoms with Gasteiger partial charge >= 0.3 is 0 Å². The lowest BCUT2D eigenvalue weighted by Crippen LogP contribution is -2.16. The predicted molar refractivity (Wildman–Crippen MR) is 84.9 cm³/mol. The van der Waals surface area contributed by atoms with Gasteiger partial charge in [0.15, 0.2) is 0 Å². The third-order valence-corrected chi connectivity index (χ3v) is 3.72. The number of anilines is 1. The average Bonchev–Trinajstić information content (AvgIpc) is 2.46. The number of nitrogens with two attached hydrogens (primary N) is 2. The van der Waals surface area contributed by atoms with Crippen molar-refractivity contribution < 1.29 is 9.59 Å². The summed E-state index contributed by atoms with van der Waals surface area (Å²) in [7, 11) is 0. The highest BCUT2D eigenvalue weighted by Gasteiger charge is 2.09. The van der Waals surface area contributed by atoms with Gasteiger partial charge in [-0.25, -0.2) is 0 Å². The molecular formula is C15H14BrN3O2. The minimum absolute atomic E-state index is 0.237. The van der Waals surface area contributed by atoms with Gasteiger partial charge in [0.25, 0.3) is 0 Å². The van der Waals surface area contributed by atoms with Crippen LogP contribution in [0.4, 0.5) is 5.69 Å². The first-order valence-electron chi connectivity index (χ1n) is 6.19. The summed E-state index contributed by atoms with van der Waals surface area (Å²) in [6.45, 7) is 0.530. The zero-order valence-electron chi connectivity index (χ0n) is 11.1. The van der Waals surface area contributed by atoms with Gasteiger partial charge in [-0.15, -0.1) is 0 Å². The predicted octanol–water partition coefficient (Wildman–Crippen LogP) is 2.26. The Kier molecular flexibility index (Phi) is 4.59. The molecule has 108 valence electrons. The van der Waals surface area contributed by atoms with E-state index in [4.69, 9.17) is 11.5 Å². The van der Waals surface area contributed by atoms with E-state index in [1.165, 1.54) is 6.07 Å². The molecule has 21 heavy (non-hydrogen) atoms. The Hall–Kier alpha value is -2.34. The van der Waals surface area contributed by atoms with Crippen molar-refractivity contribution >= 4 is 33.4 Å². The van der Waals surface area contributed by atoms with Gasteiger partial charge in [0.2, 0.25) is 11.8 Å². The van der Waals surface area contributed by atoms with Gasteiger partial charge in [0, 0.05) is 27.8 Å². The Balaban J connectivity index is 2.25. The van der Waals surface area contributed by atoms with Crippen LogP contribution < -0.4 is 16.8 Å². The van der Waals surface area contributed by atoms with Crippen molar-refractivity contribution in [1.82, 2.24) is 0 Å². The lowest BCUT2D eigenvalue weighted by atomic mass is 10.1. The summed E-state index contributed by atoms with van der Waals surface area (Å²) in [5.41, 5.74) is 12.6. The summed E-state index contributed by atoms with van der Waals surface area (Å²) in [5, 5.41) is 3.15. The zero-order valence-corrected chi connectivity index (χ0v) is 12.7. The van der Waals surface area contributed by atoms with E-state index in [0.29, 0.717) is 12.2 Å². The Bertz CT molecular complexity index is 669.